The molecule has 11 heavy (non-hydrogen) atoms. The van der Waals surface area contributed by atoms with E-state index >= 15 is 0 Å². The van der Waals surface area contributed by atoms with Crippen LogP contribution in [0.2, 0.25) is 0 Å². The van der Waals surface area contributed by atoms with Crippen molar-refractivity contribution in [1.29, 1.82) is 0 Å². The molecule has 0 amide bonds. The zero-order valence-electron chi connectivity index (χ0n) is 8.57. The summed E-state index contributed by atoms with van der Waals surface area (Å²) in [6.07, 6.45) is 2.61. The van der Waals surface area contributed by atoms with Crippen LogP contribution in [0, 0.1) is 17.8 Å². The van der Waals surface area contributed by atoms with Crippen LogP contribution in [0.3, 0.4) is 0 Å². The van der Waals surface area contributed by atoms with Gasteiger partial charge in [0.2, 0.25) is 0 Å². The predicted molar refractivity (Wildman–Crippen MR) is 47.6 cm³/mol. The number of rotatable bonds is 4. The first-order valence-electron chi connectivity index (χ1n) is 4.13. The van der Waals surface area contributed by atoms with Crippen LogP contribution < -0.4 is 0 Å². The Morgan fingerprint density at radius 3 is 1.82 bits per heavy atom. The van der Waals surface area contributed by atoms with Crippen molar-refractivity contribution in [2.24, 2.45) is 5.92 Å². The van der Waals surface area contributed by atoms with E-state index in [0.29, 0.717) is 0 Å². The number of hydrogen-bond donors (Lipinski definition) is 0. The van der Waals surface area contributed by atoms with Gasteiger partial charge < -0.3 is 11.8 Å². The van der Waals surface area contributed by atoms with E-state index < -0.39 is 0 Å². The van der Waals surface area contributed by atoms with Crippen LogP contribution in [0.1, 0.15) is 47.5 Å². The maximum Gasteiger partial charge on any atom is 0 e. The normalized spacial score (nSPS) is 13.4. The molecule has 65 valence electrons. The van der Waals surface area contributed by atoms with E-state index in [4.69, 9.17) is 0 Å². The molecule has 0 aliphatic carbocycles. The second kappa shape index (κ2) is 7.74. The van der Waals surface area contributed by atoms with Crippen molar-refractivity contribution in [3.63, 3.8) is 0 Å². The molecule has 0 rings (SSSR count). The van der Waals surface area contributed by atoms with Crippen LogP contribution in [-0.4, -0.2) is 0 Å². The van der Waals surface area contributed by atoms with E-state index in [9.17, 15) is 0 Å². The molecule has 0 aliphatic rings. The summed E-state index contributed by atoms with van der Waals surface area (Å²) in [5.41, 5.74) is 0. The largest absolute Gasteiger partial charge is 0.320 e. The van der Waals surface area contributed by atoms with E-state index in [2.05, 4.69) is 34.6 Å². The van der Waals surface area contributed by atoms with Crippen LogP contribution in [-0.2, 0) is 32.7 Å². The minimum Gasteiger partial charge on any atom is -0.320 e. The molecule has 1 heteroatoms. The van der Waals surface area contributed by atoms with Crippen molar-refractivity contribution in [3.05, 3.63) is 11.8 Å². The van der Waals surface area contributed by atoms with Crippen molar-refractivity contribution in [2.45, 2.75) is 47.5 Å². The van der Waals surface area contributed by atoms with E-state index in [1.54, 1.807) is 11.8 Å². The molecule has 0 aromatic carbocycles. The monoisotopic (exact) mass is 229 g/mol. The molecular formula is C10H20Y-2. The van der Waals surface area contributed by atoms with Gasteiger partial charge in [0.25, 0.3) is 0 Å². The van der Waals surface area contributed by atoms with E-state index in [0.717, 1.165) is 5.92 Å². The Labute approximate surface area is 97.4 Å². The van der Waals surface area contributed by atoms with Gasteiger partial charge in [-0.3, -0.25) is 0 Å². The Kier molecular flexibility index (Phi) is 10.3. The van der Waals surface area contributed by atoms with Crippen molar-refractivity contribution in [2.75, 3.05) is 0 Å². The zero-order chi connectivity index (χ0) is 8.15. The van der Waals surface area contributed by atoms with Gasteiger partial charge in [0.05, 0.1) is 0 Å². The van der Waals surface area contributed by atoms with Gasteiger partial charge in [-0.25, -0.2) is 0 Å². The molecular weight excluding hydrogens is 209 g/mol. The summed E-state index contributed by atoms with van der Waals surface area (Å²) < 4.78 is 0. The molecule has 1 atom stereocenters. The minimum absolute atomic E-state index is 0. The summed E-state index contributed by atoms with van der Waals surface area (Å²) in [5, 5.41) is 0. The van der Waals surface area contributed by atoms with Gasteiger partial charge >= 0.3 is 0 Å². The molecule has 0 nitrogen and oxygen atoms in total. The first-order valence-corrected chi connectivity index (χ1v) is 4.13. The molecule has 0 N–H and O–H groups in total. The Bertz CT molecular complexity index is 76.9. The fourth-order valence-corrected chi connectivity index (χ4v) is 0.794. The zero-order valence-corrected chi connectivity index (χ0v) is 11.4. The predicted octanol–water partition coefficient (Wildman–Crippen LogP) is 3.63. The van der Waals surface area contributed by atoms with Gasteiger partial charge in [0.15, 0.2) is 0 Å². The fraction of sp³-hybridized carbons (Fsp3) is 0.800. The SMILES string of the molecule is C[C-](C)CCC(C)[C-](C)C.[Y]. The summed E-state index contributed by atoms with van der Waals surface area (Å²) in [6, 6.07) is 0. The van der Waals surface area contributed by atoms with Gasteiger partial charge in [0.1, 0.15) is 0 Å². The second-order valence-electron chi connectivity index (χ2n) is 3.72. The fourth-order valence-electron chi connectivity index (χ4n) is 0.794. The van der Waals surface area contributed by atoms with Gasteiger partial charge in [-0.15, -0.1) is 6.42 Å². The molecule has 0 bridgehead atoms. The Hall–Kier alpha value is 1.10. The molecule has 0 saturated heterocycles. The first kappa shape index (κ1) is 14.6. The van der Waals surface area contributed by atoms with Crippen molar-refractivity contribution < 1.29 is 32.7 Å². The maximum atomic E-state index is 2.30. The Morgan fingerprint density at radius 1 is 1.09 bits per heavy atom. The molecule has 0 saturated carbocycles. The van der Waals surface area contributed by atoms with Crippen LogP contribution in [0.4, 0.5) is 0 Å². The quantitative estimate of drug-likeness (QED) is 0.646. The van der Waals surface area contributed by atoms with E-state index in [-0.39, 0.29) is 32.7 Å². The van der Waals surface area contributed by atoms with Crippen LogP contribution in [0.15, 0.2) is 0 Å². The van der Waals surface area contributed by atoms with Gasteiger partial charge in [0, 0.05) is 32.7 Å². The smallest absolute Gasteiger partial charge is 0 e. The number of hydrogen-bond acceptors (Lipinski definition) is 0. The van der Waals surface area contributed by atoms with E-state index in [1.807, 2.05) is 0 Å². The molecule has 0 aliphatic heterocycles. The van der Waals surface area contributed by atoms with Gasteiger partial charge in [-0.1, -0.05) is 6.92 Å². The first-order chi connectivity index (χ1) is 4.54. The summed E-state index contributed by atoms with van der Waals surface area (Å²) in [4.78, 5) is 0. The molecule has 0 fully saturated rings. The van der Waals surface area contributed by atoms with Crippen molar-refractivity contribution in [1.82, 2.24) is 0 Å². The molecule has 0 aromatic rings. The van der Waals surface area contributed by atoms with Crippen LogP contribution >= 0.6 is 0 Å². The third-order valence-corrected chi connectivity index (χ3v) is 2.06. The van der Waals surface area contributed by atoms with Gasteiger partial charge in [-0.05, 0) is 0 Å². The van der Waals surface area contributed by atoms with Crippen molar-refractivity contribution >= 4 is 0 Å². The minimum atomic E-state index is 0. The second-order valence-corrected chi connectivity index (χ2v) is 3.72. The third-order valence-electron chi connectivity index (χ3n) is 2.06. The summed E-state index contributed by atoms with van der Waals surface area (Å²) >= 11 is 0. The molecule has 0 aromatic heterocycles. The Morgan fingerprint density at radius 2 is 1.55 bits per heavy atom. The topological polar surface area (TPSA) is 0 Å². The summed E-state index contributed by atoms with van der Waals surface area (Å²) in [5.74, 6) is 3.91. The molecule has 1 radical (unpaired) electrons. The molecule has 0 spiro atoms. The molecule has 1 unspecified atom stereocenters. The molecule has 0 heterocycles. The van der Waals surface area contributed by atoms with Gasteiger partial charge in [-0.2, -0.15) is 40.0 Å². The van der Waals surface area contributed by atoms with E-state index in [1.165, 1.54) is 12.8 Å². The third kappa shape index (κ3) is 9.01. The summed E-state index contributed by atoms with van der Waals surface area (Å²) in [7, 11) is 0. The maximum absolute atomic E-state index is 2.30. The summed E-state index contributed by atoms with van der Waals surface area (Å²) in [6.45, 7) is 11.2. The van der Waals surface area contributed by atoms with Crippen molar-refractivity contribution in [3.8, 4) is 0 Å². The Balaban J connectivity index is 0. The average Bonchev–Trinajstić information content (AvgIpc) is 1.82. The van der Waals surface area contributed by atoms with Crippen LogP contribution in [0.5, 0.6) is 0 Å². The standard InChI is InChI=1S/C10H20.Y/c1-8(2)6-7-10(5)9(3)4;/h10H,6-7H2,1-5H3;/q-2;. The average molecular weight is 229 g/mol. The van der Waals surface area contributed by atoms with Crippen LogP contribution in [0.25, 0.3) is 0 Å².